The Hall–Kier alpha value is -1.78. The molecular formula is C19H18Cl2O4. The molecule has 0 bridgehead atoms. The Balaban J connectivity index is 2.25. The van der Waals surface area contributed by atoms with Gasteiger partial charge in [-0.2, -0.15) is 0 Å². The minimum Gasteiger partial charge on any atom is -0.512 e. The maximum Gasteiger partial charge on any atom is 0.163 e. The van der Waals surface area contributed by atoms with Gasteiger partial charge in [0, 0.05) is 52.8 Å². The zero-order valence-corrected chi connectivity index (χ0v) is 15.0. The molecule has 0 unspecified atom stereocenters. The maximum atomic E-state index is 12.6. The van der Waals surface area contributed by atoms with E-state index >= 15 is 0 Å². The highest BCUT2D eigenvalue weighted by Crippen LogP contribution is 2.44. The third-order valence-electron chi connectivity index (χ3n) is 4.71. The van der Waals surface area contributed by atoms with Gasteiger partial charge < -0.3 is 10.2 Å². The van der Waals surface area contributed by atoms with Gasteiger partial charge in [-0.05, 0) is 30.5 Å². The summed E-state index contributed by atoms with van der Waals surface area (Å²) >= 11 is 12.3. The van der Waals surface area contributed by atoms with Crippen LogP contribution < -0.4 is 0 Å². The van der Waals surface area contributed by atoms with E-state index < -0.39 is 5.92 Å². The number of carbonyl (C=O) groups excluding carboxylic acids is 2. The van der Waals surface area contributed by atoms with Crippen LogP contribution in [0.1, 0.15) is 50.0 Å². The molecule has 1 aromatic carbocycles. The summed E-state index contributed by atoms with van der Waals surface area (Å²) < 4.78 is 0. The molecule has 25 heavy (non-hydrogen) atoms. The molecule has 6 heteroatoms. The average molecular weight is 381 g/mol. The first-order chi connectivity index (χ1) is 11.9. The van der Waals surface area contributed by atoms with Crippen LogP contribution in [-0.4, -0.2) is 21.8 Å². The SMILES string of the molecule is O=C1CCCC(O)=C1C(C1=C(O)CCCC1=O)c1ccc(Cl)cc1Cl. The summed E-state index contributed by atoms with van der Waals surface area (Å²) in [6.45, 7) is 0. The van der Waals surface area contributed by atoms with Crippen molar-refractivity contribution in [3.05, 3.63) is 56.5 Å². The fourth-order valence-electron chi connectivity index (χ4n) is 3.54. The van der Waals surface area contributed by atoms with E-state index in [2.05, 4.69) is 0 Å². The number of rotatable bonds is 3. The number of ketones is 2. The standard InChI is InChI=1S/C19H18Cl2O4/c20-10-7-8-11(12(21)9-10)17(18-13(22)3-1-4-14(18)23)19-15(24)5-2-6-16(19)25/h7-9,17,22,24H,1-6H2. The summed E-state index contributed by atoms with van der Waals surface area (Å²) in [5.74, 6) is -1.39. The Labute approximate surface area is 155 Å². The van der Waals surface area contributed by atoms with Gasteiger partial charge in [-0.1, -0.05) is 29.3 Å². The van der Waals surface area contributed by atoms with Crippen LogP contribution >= 0.6 is 23.2 Å². The summed E-state index contributed by atoms with van der Waals surface area (Å²) in [7, 11) is 0. The minimum atomic E-state index is -0.870. The molecule has 2 aliphatic carbocycles. The van der Waals surface area contributed by atoms with Gasteiger partial charge in [0.1, 0.15) is 0 Å². The summed E-state index contributed by atoms with van der Waals surface area (Å²) in [5, 5.41) is 21.5. The van der Waals surface area contributed by atoms with Gasteiger partial charge in [0.05, 0.1) is 11.5 Å². The monoisotopic (exact) mass is 380 g/mol. The van der Waals surface area contributed by atoms with Crippen LogP contribution in [0.15, 0.2) is 40.9 Å². The van der Waals surface area contributed by atoms with Gasteiger partial charge in [0.2, 0.25) is 0 Å². The smallest absolute Gasteiger partial charge is 0.163 e. The molecule has 3 rings (SSSR count). The van der Waals surface area contributed by atoms with Gasteiger partial charge in [-0.15, -0.1) is 0 Å². The number of Topliss-reactive ketones (excluding diaryl/α,β-unsaturated/α-hetero) is 2. The van der Waals surface area contributed by atoms with Gasteiger partial charge in [0.15, 0.2) is 11.6 Å². The molecule has 0 amide bonds. The molecule has 1 aromatic rings. The van der Waals surface area contributed by atoms with Gasteiger partial charge >= 0.3 is 0 Å². The molecule has 0 radical (unpaired) electrons. The van der Waals surface area contributed by atoms with Crippen molar-refractivity contribution >= 4 is 34.8 Å². The summed E-state index contributed by atoms with van der Waals surface area (Å²) in [5.41, 5.74) is 0.805. The first-order valence-electron chi connectivity index (χ1n) is 8.25. The lowest BCUT2D eigenvalue weighted by atomic mass is 9.74. The van der Waals surface area contributed by atoms with E-state index in [1.807, 2.05) is 0 Å². The van der Waals surface area contributed by atoms with Crippen LogP contribution in [0.2, 0.25) is 10.0 Å². The molecule has 132 valence electrons. The Morgan fingerprint density at radius 2 is 1.36 bits per heavy atom. The molecule has 0 saturated heterocycles. The lowest BCUT2D eigenvalue weighted by molar-refractivity contribution is -0.117. The molecule has 0 saturated carbocycles. The van der Waals surface area contributed by atoms with Gasteiger partial charge in [-0.25, -0.2) is 0 Å². The molecule has 2 N–H and O–H groups in total. The molecule has 0 spiro atoms. The van der Waals surface area contributed by atoms with Crippen LogP contribution in [0, 0.1) is 0 Å². The molecule has 0 aromatic heterocycles. The lowest BCUT2D eigenvalue weighted by Gasteiger charge is -2.29. The van der Waals surface area contributed by atoms with Crippen LogP contribution in [0.4, 0.5) is 0 Å². The average Bonchev–Trinajstić information content (AvgIpc) is 2.53. The van der Waals surface area contributed by atoms with E-state index in [1.54, 1.807) is 12.1 Å². The Bertz CT molecular complexity index is 766. The fraction of sp³-hybridized carbons (Fsp3) is 0.368. The molecule has 0 heterocycles. The van der Waals surface area contributed by atoms with Crippen molar-refractivity contribution in [2.45, 2.75) is 44.4 Å². The normalized spacial score (nSPS) is 19.2. The van der Waals surface area contributed by atoms with Crippen LogP contribution in [-0.2, 0) is 9.59 Å². The predicted molar refractivity (Wildman–Crippen MR) is 96.2 cm³/mol. The second-order valence-corrected chi connectivity index (χ2v) is 7.22. The quantitative estimate of drug-likeness (QED) is 0.754. The molecule has 2 aliphatic rings. The van der Waals surface area contributed by atoms with E-state index in [9.17, 15) is 19.8 Å². The second-order valence-electron chi connectivity index (χ2n) is 6.37. The topological polar surface area (TPSA) is 74.6 Å². The number of hydrogen-bond donors (Lipinski definition) is 2. The van der Waals surface area contributed by atoms with E-state index in [0.717, 1.165) is 0 Å². The van der Waals surface area contributed by atoms with E-state index in [0.29, 0.717) is 49.1 Å². The molecule has 0 aliphatic heterocycles. The van der Waals surface area contributed by atoms with Crippen molar-refractivity contribution < 1.29 is 19.8 Å². The van der Waals surface area contributed by atoms with Crippen molar-refractivity contribution in [1.29, 1.82) is 0 Å². The van der Waals surface area contributed by atoms with Gasteiger partial charge in [-0.3, -0.25) is 9.59 Å². The third-order valence-corrected chi connectivity index (χ3v) is 5.27. The molecule has 4 nitrogen and oxygen atoms in total. The third kappa shape index (κ3) is 3.46. The Morgan fingerprint density at radius 1 is 0.840 bits per heavy atom. The van der Waals surface area contributed by atoms with Crippen LogP contribution in [0.5, 0.6) is 0 Å². The number of aliphatic hydroxyl groups excluding tert-OH is 2. The highest BCUT2D eigenvalue weighted by atomic mass is 35.5. The molecule has 0 fully saturated rings. The number of allylic oxidation sites excluding steroid dienone is 4. The predicted octanol–water partition coefficient (Wildman–Crippen LogP) is 5.21. The number of carbonyl (C=O) groups is 2. The zero-order chi connectivity index (χ0) is 18.1. The van der Waals surface area contributed by atoms with Crippen molar-refractivity contribution in [2.75, 3.05) is 0 Å². The van der Waals surface area contributed by atoms with Crippen LogP contribution in [0.25, 0.3) is 0 Å². The molecular weight excluding hydrogens is 363 g/mol. The number of hydrogen-bond acceptors (Lipinski definition) is 4. The lowest BCUT2D eigenvalue weighted by Crippen LogP contribution is -2.25. The second kappa shape index (κ2) is 7.22. The Morgan fingerprint density at radius 3 is 1.80 bits per heavy atom. The zero-order valence-electron chi connectivity index (χ0n) is 13.5. The number of aliphatic hydroxyl groups is 2. The highest BCUT2D eigenvalue weighted by molar-refractivity contribution is 6.35. The van der Waals surface area contributed by atoms with Crippen molar-refractivity contribution in [3.63, 3.8) is 0 Å². The summed E-state index contributed by atoms with van der Waals surface area (Å²) in [4.78, 5) is 25.1. The first-order valence-corrected chi connectivity index (χ1v) is 9.01. The number of benzene rings is 1. The van der Waals surface area contributed by atoms with E-state index in [-0.39, 0.29) is 39.3 Å². The molecule has 0 atom stereocenters. The highest BCUT2D eigenvalue weighted by Gasteiger charge is 2.38. The van der Waals surface area contributed by atoms with Crippen LogP contribution in [0.3, 0.4) is 0 Å². The van der Waals surface area contributed by atoms with Crippen molar-refractivity contribution in [3.8, 4) is 0 Å². The van der Waals surface area contributed by atoms with E-state index in [1.165, 1.54) is 6.07 Å². The Kier molecular flexibility index (Phi) is 5.21. The first kappa shape index (κ1) is 18.0. The minimum absolute atomic E-state index is 0.0362. The largest absolute Gasteiger partial charge is 0.512 e. The number of halogens is 2. The van der Waals surface area contributed by atoms with Crippen molar-refractivity contribution in [2.24, 2.45) is 0 Å². The summed E-state index contributed by atoms with van der Waals surface area (Å²) in [6.07, 6.45) is 2.45. The van der Waals surface area contributed by atoms with E-state index in [4.69, 9.17) is 23.2 Å². The fourth-order valence-corrected chi connectivity index (χ4v) is 4.06. The maximum absolute atomic E-state index is 12.6. The summed E-state index contributed by atoms with van der Waals surface area (Å²) in [6, 6.07) is 4.78. The van der Waals surface area contributed by atoms with Gasteiger partial charge in [0.25, 0.3) is 0 Å². The van der Waals surface area contributed by atoms with Crippen molar-refractivity contribution in [1.82, 2.24) is 0 Å².